The number of benzene rings is 1. The number of rotatable bonds is 2. The summed E-state index contributed by atoms with van der Waals surface area (Å²) in [5.74, 6) is 0. The summed E-state index contributed by atoms with van der Waals surface area (Å²) in [6.45, 7) is 5.27. The van der Waals surface area contributed by atoms with Crippen LogP contribution in [-0.4, -0.2) is 18.2 Å². The van der Waals surface area contributed by atoms with Gasteiger partial charge in [0.25, 0.3) is 0 Å². The molecule has 3 heteroatoms. The van der Waals surface area contributed by atoms with Gasteiger partial charge in [-0.3, -0.25) is 0 Å². The van der Waals surface area contributed by atoms with E-state index >= 15 is 0 Å². The fraction of sp³-hybridized carbons (Fsp3) is 0.625. The van der Waals surface area contributed by atoms with Gasteiger partial charge in [-0.25, -0.2) is 0 Å². The number of ether oxygens (including phenoxy) is 1. The summed E-state index contributed by atoms with van der Waals surface area (Å²) < 4.78 is 7.07. The molecule has 0 spiro atoms. The van der Waals surface area contributed by atoms with Crippen molar-refractivity contribution in [3.63, 3.8) is 0 Å². The molecule has 1 fully saturated rings. The Labute approximate surface area is 124 Å². The van der Waals surface area contributed by atoms with Crippen molar-refractivity contribution in [2.45, 2.75) is 57.2 Å². The van der Waals surface area contributed by atoms with E-state index in [9.17, 15) is 0 Å². The molecule has 0 bridgehead atoms. The quantitative estimate of drug-likeness (QED) is 0.888. The molecule has 2 aliphatic rings. The third-order valence-electron chi connectivity index (χ3n) is 4.35. The minimum Gasteiger partial charge on any atom is -0.375 e. The van der Waals surface area contributed by atoms with Crippen LogP contribution in [0.3, 0.4) is 0 Å². The van der Waals surface area contributed by atoms with Crippen LogP contribution in [0, 0.1) is 0 Å². The lowest BCUT2D eigenvalue weighted by molar-refractivity contribution is -0.0642. The third kappa shape index (κ3) is 2.88. The van der Waals surface area contributed by atoms with Crippen molar-refractivity contribution in [1.82, 2.24) is 5.32 Å². The molecule has 0 amide bonds. The highest BCUT2D eigenvalue weighted by Gasteiger charge is 2.32. The number of hydrogen-bond acceptors (Lipinski definition) is 2. The van der Waals surface area contributed by atoms with Crippen molar-refractivity contribution in [2.75, 3.05) is 6.61 Å². The van der Waals surface area contributed by atoms with Crippen LogP contribution in [-0.2, 0) is 11.2 Å². The summed E-state index contributed by atoms with van der Waals surface area (Å²) in [4.78, 5) is 0. The highest BCUT2D eigenvalue weighted by molar-refractivity contribution is 9.10. The zero-order chi connectivity index (χ0) is 13.5. The van der Waals surface area contributed by atoms with E-state index in [0.29, 0.717) is 12.1 Å². The number of halogens is 1. The van der Waals surface area contributed by atoms with Gasteiger partial charge in [0.15, 0.2) is 0 Å². The van der Waals surface area contributed by atoms with E-state index in [1.165, 1.54) is 28.4 Å². The Morgan fingerprint density at radius 3 is 2.95 bits per heavy atom. The fourth-order valence-electron chi connectivity index (χ4n) is 3.44. The summed E-state index contributed by atoms with van der Waals surface area (Å²) >= 11 is 3.67. The van der Waals surface area contributed by atoms with Crippen LogP contribution in [0.5, 0.6) is 0 Å². The van der Waals surface area contributed by atoms with Crippen LogP contribution in [0.2, 0.25) is 0 Å². The molecule has 2 nitrogen and oxygen atoms in total. The van der Waals surface area contributed by atoms with Gasteiger partial charge >= 0.3 is 0 Å². The van der Waals surface area contributed by atoms with Gasteiger partial charge in [-0.05, 0) is 56.7 Å². The molecule has 3 rings (SSSR count). The molecule has 1 aromatic rings. The van der Waals surface area contributed by atoms with Crippen molar-refractivity contribution >= 4 is 15.9 Å². The predicted octanol–water partition coefficient (Wildman–Crippen LogP) is 3.98. The summed E-state index contributed by atoms with van der Waals surface area (Å²) in [7, 11) is 0. The maximum absolute atomic E-state index is 5.80. The first-order valence-corrected chi connectivity index (χ1v) is 8.02. The van der Waals surface area contributed by atoms with Crippen LogP contribution in [0.25, 0.3) is 0 Å². The molecule has 0 saturated carbocycles. The van der Waals surface area contributed by atoms with Gasteiger partial charge in [0.2, 0.25) is 0 Å². The molecular formula is C16H22BrNO. The second-order valence-corrected chi connectivity index (χ2v) is 7.22. The van der Waals surface area contributed by atoms with Crippen LogP contribution in [0.1, 0.15) is 50.3 Å². The minimum absolute atomic E-state index is 0.0224. The maximum atomic E-state index is 5.80. The highest BCUT2D eigenvalue weighted by Crippen LogP contribution is 2.37. The molecule has 1 aliphatic heterocycles. The normalized spacial score (nSPS) is 29.2. The Kier molecular flexibility index (Phi) is 3.71. The van der Waals surface area contributed by atoms with E-state index in [-0.39, 0.29) is 5.60 Å². The van der Waals surface area contributed by atoms with E-state index in [4.69, 9.17) is 4.74 Å². The monoisotopic (exact) mass is 323 g/mol. The van der Waals surface area contributed by atoms with Gasteiger partial charge < -0.3 is 10.1 Å². The summed E-state index contributed by atoms with van der Waals surface area (Å²) in [6, 6.07) is 7.68. The van der Waals surface area contributed by atoms with Gasteiger partial charge in [-0.15, -0.1) is 0 Å². The van der Waals surface area contributed by atoms with Gasteiger partial charge in [0, 0.05) is 23.2 Å². The summed E-state index contributed by atoms with van der Waals surface area (Å²) in [6.07, 6.45) is 4.63. The van der Waals surface area contributed by atoms with Crippen LogP contribution < -0.4 is 5.32 Å². The van der Waals surface area contributed by atoms with Crippen LogP contribution in [0.15, 0.2) is 22.7 Å². The zero-order valence-corrected chi connectivity index (χ0v) is 13.3. The first-order valence-electron chi connectivity index (χ1n) is 7.22. The lowest BCUT2D eigenvalue weighted by atomic mass is 9.93. The summed E-state index contributed by atoms with van der Waals surface area (Å²) in [5.41, 5.74) is 3.00. The second-order valence-electron chi connectivity index (χ2n) is 6.36. The molecule has 19 heavy (non-hydrogen) atoms. The lowest BCUT2D eigenvalue weighted by Crippen LogP contribution is -2.44. The molecule has 2 unspecified atom stereocenters. The van der Waals surface area contributed by atoms with E-state index in [1.807, 2.05) is 0 Å². The predicted molar refractivity (Wildman–Crippen MR) is 81.4 cm³/mol. The Morgan fingerprint density at radius 2 is 2.16 bits per heavy atom. The Balaban J connectivity index is 1.71. The molecule has 1 N–H and O–H groups in total. The molecule has 1 saturated heterocycles. The number of nitrogens with one attached hydrogen (secondary N) is 1. The molecule has 1 heterocycles. The summed E-state index contributed by atoms with van der Waals surface area (Å²) in [5, 5.41) is 3.86. The average Bonchev–Trinajstić information content (AvgIpc) is 2.73. The molecule has 1 aromatic carbocycles. The van der Waals surface area contributed by atoms with Gasteiger partial charge in [-0.2, -0.15) is 0 Å². The standard InChI is InChI=1S/C16H22BrNO/c1-16(2)10-11(8-9-19-16)18-15-7-6-12-13(15)4-3-5-14(12)17/h3-5,11,15,18H,6-10H2,1-2H3. The van der Waals surface area contributed by atoms with Gasteiger partial charge in [0.1, 0.15) is 0 Å². The minimum atomic E-state index is 0.0224. The Hall–Kier alpha value is -0.380. The van der Waals surface area contributed by atoms with Crippen molar-refractivity contribution in [3.05, 3.63) is 33.8 Å². The average molecular weight is 324 g/mol. The molecule has 104 valence electrons. The highest BCUT2D eigenvalue weighted by atomic mass is 79.9. The van der Waals surface area contributed by atoms with Crippen LogP contribution >= 0.6 is 15.9 Å². The third-order valence-corrected chi connectivity index (χ3v) is 5.09. The van der Waals surface area contributed by atoms with E-state index in [2.05, 4.69) is 53.3 Å². The van der Waals surface area contributed by atoms with E-state index < -0.39 is 0 Å². The zero-order valence-electron chi connectivity index (χ0n) is 11.7. The van der Waals surface area contributed by atoms with Crippen molar-refractivity contribution in [3.8, 4) is 0 Å². The Bertz CT molecular complexity index is 472. The molecule has 0 aromatic heterocycles. The lowest BCUT2D eigenvalue weighted by Gasteiger charge is -2.37. The van der Waals surface area contributed by atoms with Gasteiger partial charge in [-0.1, -0.05) is 28.1 Å². The van der Waals surface area contributed by atoms with E-state index in [0.717, 1.165) is 19.4 Å². The molecule has 1 aliphatic carbocycles. The topological polar surface area (TPSA) is 21.3 Å². The van der Waals surface area contributed by atoms with Crippen molar-refractivity contribution in [1.29, 1.82) is 0 Å². The molecular weight excluding hydrogens is 302 g/mol. The van der Waals surface area contributed by atoms with Crippen molar-refractivity contribution < 1.29 is 4.74 Å². The second kappa shape index (κ2) is 5.19. The smallest absolute Gasteiger partial charge is 0.0641 e. The first-order chi connectivity index (χ1) is 9.05. The number of hydrogen-bond donors (Lipinski definition) is 1. The number of fused-ring (bicyclic) bond motifs is 1. The SMILES string of the molecule is CC1(C)CC(NC2CCc3c(Br)cccc32)CCO1. The van der Waals surface area contributed by atoms with Crippen molar-refractivity contribution in [2.24, 2.45) is 0 Å². The first kappa shape index (κ1) is 13.6. The van der Waals surface area contributed by atoms with Crippen LogP contribution in [0.4, 0.5) is 0 Å². The van der Waals surface area contributed by atoms with Gasteiger partial charge in [0.05, 0.1) is 5.60 Å². The molecule has 2 atom stereocenters. The Morgan fingerprint density at radius 1 is 1.32 bits per heavy atom. The largest absolute Gasteiger partial charge is 0.375 e. The molecule has 0 radical (unpaired) electrons. The maximum Gasteiger partial charge on any atom is 0.0641 e. The fourth-order valence-corrected chi connectivity index (χ4v) is 4.02. The van der Waals surface area contributed by atoms with E-state index in [1.54, 1.807) is 0 Å².